The number of alkyl carbamates (subject to hydrolysis) is 2. The van der Waals surface area contributed by atoms with E-state index in [4.69, 9.17) is 9.47 Å². The molecule has 0 aliphatic rings. The summed E-state index contributed by atoms with van der Waals surface area (Å²) in [5, 5.41) is 29.6. The van der Waals surface area contributed by atoms with Gasteiger partial charge in [0.2, 0.25) is 0 Å². The first kappa shape index (κ1) is 24.7. The molecular formula is C16H30N10O4. The highest BCUT2D eigenvalue weighted by atomic mass is 16.6. The highest BCUT2D eigenvalue weighted by Gasteiger charge is 2.17. The van der Waals surface area contributed by atoms with E-state index >= 15 is 0 Å². The van der Waals surface area contributed by atoms with Crippen LogP contribution in [0.2, 0.25) is 0 Å². The summed E-state index contributed by atoms with van der Waals surface area (Å²) in [6, 6.07) is 0. The first-order valence-electron chi connectivity index (χ1n) is 9.30. The number of aryl methyl sites for hydroxylation is 1. The third kappa shape index (κ3) is 11.5. The van der Waals surface area contributed by atoms with Crippen molar-refractivity contribution in [2.24, 2.45) is 0 Å². The van der Waals surface area contributed by atoms with Crippen LogP contribution in [-0.2, 0) is 29.1 Å². The van der Waals surface area contributed by atoms with Gasteiger partial charge in [0.1, 0.15) is 11.2 Å². The molecule has 0 unspecified atom stereocenters. The average molecular weight is 426 g/mol. The summed E-state index contributed by atoms with van der Waals surface area (Å²) in [5.41, 5.74) is -1.00. The maximum atomic E-state index is 11.3. The van der Waals surface area contributed by atoms with E-state index < -0.39 is 23.4 Å². The van der Waals surface area contributed by atoms with Gasteiger partial charge in [-0.3, -0.25) is 0 Å². The molecule has 0 atom stereocenters. The van der Waals surface area contributed by atoms with Crippen molar-refractivity contribution >= 4 is 12.2 Å². The minimum atomic E-state index is -0.501. The van der Waals surface area contributed by atoms with E-state index in [0.717, 1.165) is 0 Å². The van der Waals surface area contributed by atoms with Crippen LogP contribution in [-0.4, -0.2) is 64.2 Å². The second kappa shape index (κ2) is 11.0. The lowest BCUT2D eigenvalue weighted by molar-refractivity contribution is 0.0511. The van der Waals surface area contributed by atoms with Gasteiger partial charge in [0.25, 0.3) is 0 Å². The summed E-state index contributed by atoms with van der Waals surface area (Å²) < 4.78 is 10.1. The third-order valence-corrected chi connectivity index (χ3v) is 2.75. The van der Waals surface area contributed by atoms with Gasteiger partial charge in [-0.2, -0.15) is 10.0 Å². The molecule has 168 valence electrons. The fraction of sp³-hybridized carbons (Fsp3) is 0.750. The van der Waals surface area contributed by atoms with Crippen LogP contribution in [0.1, 0.15) is 60.1 Å². The van der Waals surface area contributed by atoms with Gasteiger partial charge in [0.15, 0.2) is 11.6 Å². The molecule has 2 rings (SSSR count). The highest BCUT2D eigenvalue weighted by molar-refractivity contribution is 5.67. The van der Waals surface area contributed by atoms with E-state index in [0.29, 0.717) is 18.2 Å². The number of carbonyl (C=O) groups is 2. The molecule has 14 heteroatoms. The molecule has 2 aromatic heterocycles. The van der Waals surface area contributed by atoms with Crippen molar-refractivity contribution in [2.45, 2.75) is 79.3 Å². The van der Waals surface area contributed by atoms with E-state index in [1.165, 1.54) is 4.80 Å². The Balaban J connectivity index is 0.000000303. The van der Waals surface area contributed by atoms with Crippen LogP contribution in [0.5, 0.6) is 0 Å². The molecule has 2 aromatic rings. The highest BCUT2D eigenvalue weighted by Crippen LogP contribution is 2.07. The molecular weight excluding hydrogens is 396 g/mol. The quantitative estimate of drug-likeness (QED) is 0.624. The SMILES string of the molecule is CC(C)(C)OC(=O)NCc1nn[nH]n1.CCn1nnc(CNC(=O)OC(C)(C)C)n1. The lowest BCUT2D eigenvalue weighted by Crippen LogP contribution is -2.32. The largest absolute Gasteiger partial charge is 0.444 e. The first-order valence-corrected chi connectivity index (χ1v) is 9.30. The van der Waals surface area contributed by atoms with Gasteiger partial charge in [-0.25, -0.2) is 9.59 Å². The van der Waals surface area contributed by atoms with Gasteiger partial charge >= 0.3 is 12.2 Å². The number of nitrogens with zero attached hydrogens (tertiary/aromatic N) is 7. The molecule has 0 saturated heterocycles. The number of aromatic amines is 1. The van der Waals surface area contributed by atoms with Gasteiger partial charge in [-0.05, 0) is 53.7 Å². The molecule has 0 spiro atoms. The van der Waals surface area contributed by atoms with Crippen LogP contribution in [0.4, 0.5) is 9.59 Å². The summed E-state index contributed by atoms with van der Waals surface area (Å²) in [4.78, 5) is 23.9. The van der Waals surface area contributed by atoms with Gasteiger partial charge < -0.3 is 20.1 Å². The lowest BCUT2D eigenvalue weighted by Gasteiger charge is -2.19. The van der Waals surface area contributed by atoms with E-state index in [-0.39, 0.29) is 13.1 Å². The molecule has 3 N–H and O–H groups in total. The normalized spacial score (nSPS) is 11.2. The Labute approximate surface area is 174 Å². The molecule has 2 amide bonds. The van der Waals surface area contributed by atoms with E-state index in [1.54, 1.807) is 41.5 Å². The fourth-order valence-electron chi connectivity index (χ4n) is 1.67. The summed E-state index contributed by atoms with van der Waals surface area (Å²) in [6.45, 7) is 13.8. The molecule has 0 aliphatic carbocycles. The topological polar surface area (TPSA) is 175 Å². The zero-order valence-electron chi connectivity index (χ0n) is 18.4. The molecule has 0 aromatic carbocycles. The second-order valence-electron chi connectivity index (χ2n) is 7.93. The number of carbonyl (C=O) groups excluding carboxylic acids is 2. The van der Waals surface area contributed by atoms with Crippen molar-refractivity contribution in [1.29, 1.82) is 0 Å². The van der Waals surface area contributed by atoms with E-state index in [2.05, 4.69) is 46.7 Å². The van der Waals surface area contributed by atoms with Crippen molar-refractivity contribution in [3.63, 3.8) is 0 Å². The standard InChI is InChI=1S/C9H17N5O2.C7H13N5O2/c1-5-14-12-7(11-13-14)6-10-8(15)16-9(2,3)4;1-7(2,3)14-6(13)8-4-5-9-11-12-10-5/h5-6H2,1-4H3,(H,10,15);4H2,1-3H3,(H,8,13)(H,9,10,11,12). The monoisotopic (exact) mass is 426 g/mol. The van der Waals surface area contributed by atoms with Gasteiger partial charge in [-0.1, -0.05) is 5.21 Å². The zero-order valence-corrected chi connectivity index (χ0v) is 18.4. The predicted octanol–water partition coefficient (Wildman–Crippen LogP) is 0.942. The number of amides is 2. The number of nitrogens with one attached hydrogen (secondary N) is 3. The number of hydrogen-bond donors (Lipinski definition) is 3. The number of ether oxygens (including phenoxy) is 2. The average Bonchev–Trinajstić information content (AvgIpc) is 3.27. The minimum absolute atomic E-state index is 0.200. The predicted molar refractivity (Wildman–Crippen MR) is 104 cm³/mol. The molecule has 0 aliphatic heterocycles. The molecule has 0 fully saturated rings. The summed E-state index contributed by atoms with van der Waals surface area (Å²) in [6.07, 6.45) is -0.984. The smallest absolute Gasteiger partial charge is 0.408 e. The van der Waals surface area contributed by atoms with E-state index in [9.17, 15) is 9.59 Å². The Hall–Kier alpha value is -3.32. The van der Waals surface area contributed by atoms with Crippen LogP contribution in [0.15, 0.2) is 0 Å². The first-order chi connectivity index (χ1) is 13.9. The molecule has 0 saturated carbocycles. The maximum absolute atomic E-state index is 11.3. The summed E-state index contributed by atoms with van der Waals surface area (Å²) >= 11 is 0. The fourth-order valence-corrected chi connectivity index (χ4v) is 1.67. The molecule has 0 bridgehead atoms. The van der Waals surface area contributed by atoms with Gasteiger partial charge in [-0.15, -0.1) is 20.4 Å². The van der Waals surface area contributed by atoms with Crippen molar-refractivity contribution < 1.29 is 19.1 Å². The van der Waals surface area contributed by atoms with E-state index in [1.807, 2.05) is 6.92 Å². The number of hydrogen-bond acceptors (Lipinski definition) is 10. The molecule has 30 heavy (non-hydrogen) atoms. The maximum Gasteiger partial charge on any atom is 0.408 e. The van der Waals surface area contributed by atoms with Crippen LogP contribution < -0.4 is 10.6 Å². The van der Waals surface area contributed by atoms with Crippen molar-refractivity contribution in [3.8, 4) is 0 Å². The molecule has 0 radical (unpaired) electrons. The summed E-state index contributed by atoms with van der Waals surface area (Å²) in [5.74, 6) is 0.878. The molecule has 2 heterocycles. The van der Waals surface area contributed by atoms with Crippen LogP contribution in [0.3, 0.4) is 0 Å². The van der Waals surface area contributed by atoms with Crippen LogP contribution >= 0.6 is 0 Å². The Bertz CT molecular complexity index is 777. The number of rotatable bonds is 5. The van der Waals surface area contributed by atoms with Gasteiger partial charge in [0, 0.05) is 0 Å². The minimum Gasteiger partial charge on any atom is -0.444 e. The summed E-state index contributed by atoms with van der Waals surface area (Å²) in [7, 11) is 0. The zero-order chi connectivity index (χ0) is 22.8. The van der Waals surface area contributed by atoms with Gasteiger partial charge in [0.05, 0.1) is 19.6 Å². The second-order valence-corrected chi connectivity index (χ2v) is 7.93. The molecule has 14 nitrogen and oxygen atoms in total. The van der Waals surface area contributed by atoms with Crippen LogP contribution in [0.25, 0.3) is 0 Å². The number of tetrazole rings is 2. The Morgan fingerprint density at radius 3 is 1.87 bits per heavy atom. The lowest BCUT2D eigenvalue weighted by atomic mass is 10.2. The van der Waals surface area contributed by atoms with Crippen molar-refractivity contribution in [2.75, 3.05) is 0 Å². The Kier molecular flexibility index (Phi) is 9.08. The number of aromatic nitrogens is 8. The van der Waals surface area contributed by atoms with Crippen LogP contribution in [0, 0.1) is 0 Å². The van der Waals surface area contributed by atoms with Crippen molar-refractivity contribution in [1.82, 2.24) is 51.5 Å². The Morgan fingerprint density at radius 2 is 1.47 bits per heavy atom. The third-order valence-electron chi connectivity index (χ3n) is 2.75. The Morgan fingerprint density at radius 1 is 0.933 bits per heavy atom. The van der Waals surface area contributed by atoms with Crippen molar-refractivity contribution in [3.05, 3.63) is 11.6 Å². The number of H-pyrrole nitrogens is 1.